The Balaban J connectivity index is 1.70. The van der Waals surface area contributed by atoms with Gasteiger partial charge in [-0.15, -0.1) is 0 Å². The molecule has 1 amide bonds. The summed E-state index contributed by atoms with van der Waals surface area (Å²) in [6.07, 6.45) is -2.36. The minimum atomic E-state index is -4.39. The molecule has 2 unspecified atom stereocenters. The van der Waals surface area contributed by atoms with E-state index in [-0.39, 0.29) is 11.5 Å². The van der Waals surface area contributed by atoms with Crippen molar-refractivity contribution in [2.24, 2.45) is 5.41 Å². The van der Waals surface area contributed by atoms with Crippen molar-refractivity contribution in [1.82, 2.24) is 4.90 Å². The molecule has 150 valence electrons. The first-order valence-electron chi connectivity index (χ1n) is 9.20. The lowest BCUT2D eigenvalue weighted by molar-refractivity contribution is -0.137. The molecule has 1 spiro atoms. The van der Waals surface area contributed by atoms with Crippen molar-refractivity contribution in [1.29, 1.82) is 0 Å². The summed E-state index contributed by atoms with van der Waals surface area (Å²) in [7, 11) is 0. The van der Waals surface area contributed by atoms with Gasteiger partial charge < -0.3 is 14.7 Å². The van der Waals surface area contributed by atoms with Crippen molar-refractivity contribution >= 4 is 6.09 Å². The second-order valence-corrected chi connectivity index (χ2v) is 8.94. The maximum Gasteiger partial charge on any atom is 0.416 e. The third-order valence-corrected chi connectivity index (χ3v) is 5.58. The Kier molecular flexibility index (Phi) is 4.74. The number of carbonyl (C=O) groups is 1. The van der Waals surface area contributed by atoms with Crippen LogP contribution in [0.5, 0.6) is 0 Å². The van der Waals surface area contributed by atoms with Gasteiger partial charge in [-0.25, -0.2) is 4.79 Å². The van der Waals surface area contributed by atoms with Crippen LogP contribution < -0.4 is 0 Å². The molecule has 1 heterocycles. The zero-order valence-electron chi connectivity index (χ0n) is 15.9. The summed E-state index contributed by atoms with van der Waals surface area (Å²) in [4.78, 5) is 14.0. The highest BCUT2D eigenvalue weighted by Gasteiger charge is 2.52. The van der Waals surface area contributed by atoms with Crippen molar-refractivity contribution in [2.45, 2.75) is 63.8 Å². The zero-order valence-corrected chi connectivity index (χ0v) is 15.9. The molecule has 27 heavy (non-hydrogen) atoms. The molecule has 0 bridgehead atoms. The highest BCUT2D eigenvalue weighted by molar-refractivity contribution is 5.68. The zero-order chi connectivity index (χ0) is 20.1. The van der Waals surface area contributed by atoms with Crippen LogP contribution in [0.4, 0.5) is 18.0 Å². The fraction of sp³-hybridized carbons (Fsp3) is 0.650. The summed E-state index contributed by atoms with van der Waals surface area (Å²) in [5.41, 5.74) is -2.16. The molecule has 2 fully saturated rings. The van der Waals surface area contributed by atoms with E-state index in [0.717, 1.165) is 25.0 Å². The number of ether oxygens (including phenoxy) is 1. The fourth-order valence-corrected chi connectivity index (χ4v) is 4.25. The van der Waals surface area contributed by atoms with Gasteiger partial charge in [0.1, 0.15) is 5.60 Å². The number of hydrogen-bond donors (Lipinski definition) is 1. The number of aliphatic hydroxyl groups is 1. The Labute approximate surface area is 157 Å². The van der Waals surface area contributed by atoms with Crippen LogP contribution in [0, 0.1) is 5.41 Å². The normalized spacial score (nSPS) is 28.8. The van der Waals surface area contributed by atoms with E-state index in [0.29, 0.717) is 31.5 Å². The Hall–Kier alpha value is -1.76. The van der Waals surface area contributed by atoms with Gasteiger partial charge in [0.15, 0.2) is 0 Å². The molecule has 1 aliphatic heterocycles. The number of rotatable bonds is 1. The summed E-state index contributed by atoms with van der Waals surface area (Å²) < 4.78 is 43.7. The number of likely N-dealkylation sites (tertiary alicyclic amines) is 1. The van der Waals surface area contributed by atoms with Crippen molar-refractivity contribution in [3.05, 3.63) is 35.4 Å². The van der Waals surface area contributed by atoms with E-state index < -0.39 is 22.9 Å². The fourth-order valence-electron chi connectivity index (χ4n) is 4.25. The summed E-state index contributed by atoms with van der Waals surface area (Å²) in [6.45, 7) is 6.52. The van der Waals surface area contributed by atoms with Gasteiger partial charge in [-0.2, -0.15) is 13.2 Å². The Morgan fingerprint density at radius 2 is 1.74 bits per heavy atom. The molecule has 1 saturated carbocycles. The smallest absolute Gasteiger partial charge is 0.416 e. The monoisotopic (exact) mass is 385 g/mol. The van der Waals surface area contributed by atoms with Crippen LogP contribution in [0.2, 0.25) is 0 Å². The van der Waals surface area contributed by atoms with Crippen LogP contribution in [0.1, 0.15) is 57.6 Å². The number of alkyl halides is 3. The molecule has 2 aliphatic rings. The minimum Gasteiger partial charge on any atom is -0.444 e. The SMILES string of the molecule is CC(C)(C)OC(=O)N1CCC2(CCC(O)(c3ccc(C(F)(F)F)cc3)C2)C1. The van der Waals surface area contributed by atoms with E-state index in [1.165, 1.54) is 12.1 Å². The quantitative estimate of drug-likeness (QED) is 0.762. The number of carbonyl (C=O) groups excluding carboxylic acids is 1. The van der Waals surface area contributed by atoms with Crippen LogP contribution in [0.3, 0.4) is 0 Å². The first kappa shape index (κ1) is 20.0. The van der Waals surface area contributed by atoms with Crippen molar-refractivity contribution in [3.63, 3.8) is 0 Å². The number of amides is 1. The molecule has 0 aromatic heterocycles. The van der Waals surface area contributed by atoms with Crippen molar-refractivity contribution in [3.8, 4) is 0 Å². The molecular weight excluding hydrogens is 359 g/mol. The highest BCUT2D eigenvalue weighted by Crippen LogP contribution is 2.54. The topological polar surface area (TPSA) is 49.8 Å². The Morgan fingerprint density at radius 3 is 2.30 bits per heavy atom. The molecular formula is C20H26F3NO3. The van der Waals surface area contributed by atoms with Crippen LogP contribution in [-0.2, 0) is 16.5 Å². The maximum atomic E-state index is 12.8. The summed E-state index contributed by atoms with van der Waals surface area (Å²) >= 11 is 0. The van der Waals surface area contributed by atoms with Crippen LogP contribution in [0.15, 0.2) is 24.3 Å². The second-order valence-electron chi connectivity index (χ2n) is 8.94. The van der Waals surface area contributed by atoms with Gasteiger partial charge in [-0.1, -0.05) is 12.1 Å². The van der Waals surface area contributed by atoms with Crippen molar-refractivity contribution < 1.29 is 27.8 Å². The molecule has 1 aromatic rings. The van der Waals surface area contributed by atoms with Gasteiger partial charge in [-0.3, -0.25) is 0 Å². The van der Waals surface area contributed by atoms with E-state index in [1.54, 1.807) is 4.90 Å². The van der Waals surface area contributed by atoms with E-state index in [1.807, 2.05) is 20.8 Å². The number of halogens is 3. The predicted molar refractivity (Wildman–Crippen MR) is 94.0 cm³/mol. The maximum absolute atomic E-state index is 12.8. The minimum absolute atomic E-state index is 0.214. The molecule has 7 heteroatoms. The predicted octanol–water partition coefficient (Wildman–Crippen LogP) is 4.70. The largest absolute Gasteiger partial charge is 0.444 e. The van der Waals surface area contributed by atoms with E-state index in [2.05, 4.69) is 0 Å². The molecule has 4 nitrogen and oxygen atoms in total. The average Bonchev–Trinajstić information content (AvgIpc) is 3.10. The molecule has 3 rings (SSSR count). The third kappa shape index (κ3) is 4.23. The Bertz CT molecular complexity index is 711. The molecule has 1 saturated heterocycles. The molecule has 1 N–H and O–H groups in total. The lowest BCUT2D eigenvalue weighted by Gasteiger charge is -2.29. The molecule has 0 radical (unpaired) electrons. The van der Waals surface area contributed by atoms with E-state index in [4.69, 9.17) is 4.74 Å². The van der Waals surface area contributed by atoms with Gasteiger partial charge in [0.05, 0.1) is 11.2 Å². The first-order chi connectivity index (χ1) is 12.3. The number of hydrogen-bond acceptors (Lipinski definition) is 3. The van der Waals surface area contributed by atoms with Gasteiger partial charge in [0, 0.05) is 13.1 Å². The molecule has 2 atom stereocenters. The van der Waals surface area contributed by atoms with E-state index in [9.17, 15) is 23.1 Å². The summed E-state index contributed by atoms with van der Waals surface area (Å²) in [5, 5.41) is 11.1. The summed E-state index contributed by atoms with van der Waals surface area (Å²) in [5.74, 6) is 0. The summed E-state index contributed by atoms with van der Waals surface area (Å²) in [6, 6.07) is 4.75. The van der Waals surface area contributed by atoms with Crippen LogP contribution >= 0.6 is 0 Å². The number of benzene rings is 1. The molecule has 1 aliphatic carbocycles. The molecule has 1 aromatic carbocycles. The second kappa shape index (κ2) is 6.40. The first-order valence-corrected chi connectivity index (χ1v) is 9.20. The van der Waals surface area contributed by atoms with Gasteiger partial charge >= 0.3 is 12.3 Å². The van der Waals surface area contributed by atoms with Crippen molar-refractivity contribution in [2.75, 3.05) is 13.1 Å². The van der Waals surface area contributed by atoms with Crippen LogP contribution in [0.25, 0.3) is 0 Å². The van der Waals surface area contributed by atoms with Gasteiger partial charge in [0.2, 0.25) is 0 Å². The number of nitrogens with zero attached hydrogens (tertiary/aromatic N) is 1. The van der Waals surface area contributed by atoms with E-state index >= 15 is 0 Å². The lowest BCUT2D eigenvalue weighted by atomic mass is 9.82. The lowest BCUT2D eigenvalue weighted by Crippen LogP contribution is -2.37. The van der Waals surface area contributed by atoms with Gasteiger partial charge in [-0.05, 0) is 69.6 Å². The van der Waals surface area contributed by atoms with Gasteiger partial charge in [0.25, 0.3) is 0 Å². The average molecular weight is 385 g/mol. The highest BCUT2D eigenvalue weighted by atomic mass is 19.4. The van der Waals surface area contributed by atoms with Crippen LogP contribution in [-0.4, -0.2) is 34.8 Å². The standard InChI is InChI=1S/C20H26F3NO3/c1-17(2,3)27-16(25)24-11-10-18(13-24)8-9-19(26,12-18)14-4-6-15(7-5-14)20(21,22)23/h4-7,26H,8-13H2,1-3H3. The Morgan fingerprint density at radius 1 is 1.11 bits per heavy atom. The third-order valence-electron chi connectivity index (χ3n) is 5.58.